The van der Waals surface area contributed by atoms with Gasteiger partial charge in [-0.3, -0.25) is 19.3 Å². The van der Waals surface area contributed by atoms with Crippen LogP contribution in [0.4, 0.5) is 5.69 Å². The van der Waals surface area contributed by atoms with Crippen LogP contribution in [-0.4, -0.2) is 27.2 Å². The number of nitrogens with zero attached hydrogens (tertiary/aromatic N) is 3. The Labute approximate surface area is 200 Å². The van der Waals surface area contributed by atoms with Crippen molar-refractivity contribution in [1.82, 2.24) is 19.5 Å². The predicted octanol–water partition coefficient (Wildman–Crippen LogP) is 4.55. The Morgan fingerprint density at radius 2 is 2.03 bits per heavy atom. The minimum Gasteiger partial charge on any atom is -0.324 e. The summed E-state index contributed by atoms with van der Waals surface area (Å²) in [6.45, 7) is 4.72. The lowest BCUT2D eigenvalue weighted by atomic mass is 10.0. The molecule has 0 fully saturated rings. The first kappa shape index (κ1) is 24.3. The maximum Gasteiger partial charge on any atom is 0.287 e. The molecule has 10 heteroatoms. The van der Waals surface area contributed by atoms with Gasteiger partial charge in [0.15, 0.2) is 0 Å². The van der Waals surface area contributed by atoms with Crippen LogP contribution in [0.5, 0.6) is 0 Å². The Morgan fingerprint density at radius 3 is 2.75 bits per heavy atom. The van der Waals surface area contributed by atoms with Crippen molar-refractivity contribution in [1.29, 1.82) is 0 Å². The quantitative estimate of drug-likeness (QED) is 0.337. The molecule has 3 aromatic rings. The second-order valence-electron chi connectivity index (χ2n) is 7.29. The van der Waals surface area contributed by atoms with E-state index in [2.05, 4.69) is 34.0 Å². The van der Waals surface area contributed by atoms with E-state index < -0.39 is 11.5 Å². The molecule has 2 aromatic heterocycles. The fraction of sp³-hybridized carbons (Fsp3) is 0.273. The van der Waals surface area contributed by atoms with Crippen LogP contribution in [0.3, 0.4) is 0 Å². The number of hydrogen-bond acceptors (Lipinski definition) is 6. The number of benzene rings is 1. The maximum atomic E-state index is 12.5. The van der Waals surface area contributed by atoms with Gasteiger partial charge in [-0.2, -0.15) is 5.10 Å². The van der Waals surface area contributed by atoms with Crippen LogP contribution in [0.25, 0.3) is 0 Å². The average Bonchev–Trinajstić information content (AvgIpc) is 2.78. The third-order valence-electron chi connectivity index (χ3n) is 4.55. The highest BCUT2D eigenvalue weighted by Gasteiger charge is 2.13. The number of amides is 1. The van der Waals surface area contributed by atoms with Crippen molar-refractivity contribution in [2.24, 2.45) is 0 Å². The molecule has 2 heterocycles. The van der Waals surface area contributed by atoms with E-state index in [1.807, 2.05) is 36.4 Å². The van der Waals surface area contributed by atoms with Gasteiger partial charge in [-0.05, 0) is 47.7 Å². The van der Waals surface area contributed by atoms with Gasteiger partial charge < -0.3 is 5.32 Å². The molecule has 3 rings (SSSR count). The number of carbonyl (C=O) groups is 1. The zero-order chi connectivity index (χ0) is 23.1. The van der Waals surface area contributed by atoms with E-state index in [-0.39, 0.29) is 16.6 Å². The lowest BCUT2D eigenvalue weighted by Gasteiger charge is -2.15. The van der Waals surface area contributed by atoms with Crippen molar-refractivity contribution in [2.75, 3.05) is 11.9 Å². The SMILES string of the molecule is CC(C)c1ccc(NC(=O)Cn2ncc(Cl)c(Cl)c2=O)cc1SNCCc1ccccn1. The summed E-state index contributed by atoms with van der Waals surface area (Å²) in [6, 6.07) is 11.6. The predicted molar refractivity (Wildman–Crippen MR) is 129 cm³/mol. The van der Waals surface area contributed by atoms with Gasteiger partial charge >= 0.3 is 0 Å². The summed E-state index contributed by atoms with van der Waals surface area (Å²) in [4.78, 5) is 29.9. The van der Waals surface area contributed by atoms with Gasteiger partial charge in [0.25, 0.3) is 5.56 Å². The number of hydrogen-bond donors (Lipinski definition) is 2. The molecule has 0 aliphatic carbocycles. The van der Waals surface area contributed by atoms with Gasteiger partial charge in [0.2, 0.25) is 5.91 Å². The summed E-state index contributed by atoms with van der Waals surface area (Å²) in [5, 5.41) is 6.56. The molecule has 0 aliphatic rings. The zero-order valence-electron chi connectivity index (χ0n) is 17.6. The standard InChI is InChI=1S/C22H23Cl2N5O2S/c1-14(2)17-7-6-16(11-19(17)32-27-10-8-15-5-3-4-9-25-15)28-20(30)13-29-22(31)21(24)18(23)12-26-29/h3-7,9,11-12,14,27H,8,10,13H2,1-2H3,(H,28,30). The van der Waals surface area contributed by atoms with E-state index in [1.54, 1.807) is 6.20 Å². The average molecular weight is 492 g/mol. The molecular weight excluding hydrogens is 469 g/mol. The molecule has 0 spiro atoms. The third kappa shape index (κ3) is 6.56. The Morgan fingerprint density at radius 1 is 1.22 bits per heavy atom. The topological polar surface area (TPSA) is 88.9 Å². The van der Waals surface area contributed by atoms with E-state index >= 15 is 0 Å². The zero-order valence-corrected chi connectivity index (χ0v) is 20.0. The first-order valence-corrected chi connectivity index (χ1v) is 11.6. The summed E-state index contributed by atoms with van der Waals surface area (Å²) in [5.74, 6) is -0.0758. The number of halogens is 2. The number of carbonyl (C=O) groups excluding carboxylic acids is 1. The number of nitrogens with one attached hydrogen (secondary N) is 2. The molecule has 168 valence electrons. The molecule has 0 radical (unpaired) electrons. The number of aromatic nitrogens is 3. The van der Waals surface area contributed by atoms with Crippen molar-refractivity contribution >= 4 is 46.7 Å². The van der Waals surface area contributed by atoms with Crippen LogP contribution in [0.1, 0.15) is 31.0 Å². The van der Waals surface area contributed by atoms with Crippen LogP contribution in [0.15, 0.2) is 58.5 Å². The van der Waals surface area contributed by atoms with Gasteiger partial charge in [0.05, 0.1) is 11.2 Å². The molecule has 32 heavy (non-hydrogen) atoms. The Bertz CT molecular complexity index is 1140. The smallest absolute Gasteiger partial charge is 0.287 e. The van der Waals surface area contributed by atoms with Crippen LogP contribution in [0, 0.1) is 0 Å². The van der Waals surface area contributed by atoms with Gasteiger partial charge in [0.1, 0.15) is 11.6 Å². The number of pyridine rings is 1. The molecule has 0 aliphatic heterocycles. The highest BCUT2D eigenvalue weighted by molar-refractivity contribution is 7.97. The molecule has 0 saturated carbocycles. The van der Waals surface area contributed by atoms with Gasteiger partial charge in [-0.15, -0.1) is 0 Å². The summed E-state index contributed by atoms with van der Waals surface area (Å²) >= 11 is 13.1. The van der Waals surface area contributed by atoms with Crippen LogP contribution < -0.4 is 15.6 Å². The fourth-order valence-corrected chi connectivity index (χ4v) is 4.16. The van der Waals surface area contributed by atoms with Crippen molar-refractivity contribution in [2.45, 2.75) is 37.6 Å². The molecule has 0 atom stereocenters. The van der Waals surface area contributed by atoms with Gasteiger partial charge in [-0.25, -0.2) is 4.68 Å². The Hall–Kier alpha value is -2.39. The summed E-state index contributed by atoms with van der Waals surface area (Å²) in [7, 11) is 0. The summed E-state index contributed by atoms with van der Waals surface area (Å²) in [6.07, 6.45) is 3.83. The second-order valence-corrected chi connectivity index (χ2v) is 9.01. The monoisotopic (exact) mass is 491 g/mol. The van der Waals surface area contributed by atoms with Crippen LogP contribution >= 0.6 is 35.1 Å². The molecular formula is C22H23Cl2N5O2S. The lowest BCUT2D eigenvalue weighted by molar-refractivity contribution is -0.117. The lowest BCUT2D eigenvalue weighted by Crippen LogP contribution is -2.29. The first-order valence-electron chi connectivity index (χ1n) is 9.99. The van der Waals surface area contributed by atoms with Crippen LogP contribution in [-0.2, 0) is 17.8 Å². The molecule has 1 aromatic carbocycles. The molecule has 0 unspecified atom stereocenters. The first-order chi connectivity index (χ1) is 15.3. The van der Waals surface area contributed by atoms with Crippen molar-refractivity contribution in [3.63, 3.8) is 0 Å². The number of anilines is 1. The van der Waals surface area contributed by atoms with Crippen molar-refractivity contribution in [3.05, 3.63) is 80.4 Å². The number of rotatable bonds is 9. The second kappa shape index (κ2) is 11.5. The normalized spacial score (nSPS) is 11.0. The maximum absolute atomic E-state index is 12.5. The molecule has 0 bridgehead atoms. The fourth-order valence-electron chi connectivity index (χ4n) is 2.93. The van der Waals surface area contributed by atoms with E-state index in [0.717, 1.165) is 28.2 Å². The van der Waals surface area contributed by atoms with E-state index in [0.29, 0.717) is 11.6 Å². The van der Waals surface area contributed by atoms with Gasteiger partial charge in [0, 0.05) is 35.4 Å². The van der Waals surface area contributed by atoms with E-state index in [4.69, 9.17) is 23.2 Å². The molecule has 7 nitrogen and oxygen atoms in total. The van der Waals surface area contributed by atoms with Crippen molar-refractivity contribution < 1.29 is 4.79 Å². The molecule has 2 N–H and O–H groups in total. The van der Waals surface area contributed by atoms with E-state index in [1.165, 1.54) is 23.7 Å². The Balaban J connectivity index is 1.64. The van der Waals surface area contributed by atoms with E-state index in [9.17, 15) is 9.59 Å². The summed E-state index contributed by atoms with van der Waals surface area (Å²) in [5.41, 5.74) is 2.21. The van der Waals surface area contributed by atoms with Gasteiger partial charge in [-0.1, -0.05) is 49.2 Å². The van der Waals surface area contributed by atoms with Crippen LogP contribution in [0.2, 0.25) is 10.0 Å². The largest absolute Gasteiger partial charge is 0.324 e. The summed E-state index contributed by atoms with van der Waals surface area (Å²) < 4.78 is 4.34. The van der Waals surface area contributed by atoms with Crippen molar-refractivity contribution in [3.8, 4) is 0 Å². The highest BCUT2D eigenvalue weighted by atomic mass is 35.5. The molecule has 1 amide bonds. The minimum atomic E-state index is -0.613. The highest BCUT2D eigenvalue weighted by Crippen LogP contribution is 2.29. The third-order valence-corrected chi connectivity index (χ3v) is 6.22. The Kier molecular flexibility index (Phi) is 8.69. The molecule has 0 saturated heterocycles. The minimum absolute atomic E-state index is 0.0508.